The molecule has 0 radical (unpaired) electrons. The molecular formula is C11H19NO5S. The first-order chi connectivity index (χ1) is 8.32. The fourth-order valence-corrected chi connectivity index (χ4v) is 2.06. The number of thioether (sulfide) groups is 1. The van der Waals surface area contributed by atoms with Crippen molar-refractivity contribution in [3.63, 3.8) is 0 Å². The number of carbonyl (C=O) groups excluding carboxylic acids is 3. The molecule has 0 saturated carbocycles. The monoisotopic (exact) mass is 277 g/mol. The number of hydrogen-bond donors (Lipinski definition) is 1. The molecule has 6 nitrogen and oxygen atoms in total. The summed E-state index contributed by atoms with van der Waals surface area (Å²) < 4.78 is 9.76. The Bertz CT molecular complexity index is 308. The van der Waals surface area contributed by atoms with Gasteiger partial charge in [0.2, 0.25) is 0 Å². The minimum absolute atomic E-state index is 0.0111. The Balaban J connectivity index is 4.03. The SMILES string of the molecule is CC(=O)OC[C@H](CSC[C@H](N)C(C)=O)OC(C)=O. The maximum Gasteiger partial charge on any atom is 0.303 e. The number of Topliss-reactive ketones (excluding diaryl/α,β-unsaturated/α-hetero) is 1. The molecule has 0 aliphatic rings. The molecule has 7 heteroatoms. The number of carbonyl (C=O) groups is 3. The second kappa shape index (κ2) is 8.93. The molecule has 0 amide bonds. The largest absolute Gasteiger partial charge is 0.462 e. The van der Waals surface area contributed by atoms with Crippen LogP contribution in [-0.2, 0) is 23.9 Å². The van der Waals surface area contributed by atoms with Gasteiger partial charge in [0.25, 0.3) is 0 Å². The van der Waals surface area contributed by atoms with E-state index in [4.69, 9.17) is 15.2 Å². The third-order valence-corrected chi connectivity index (χ3v) is 3.13. The van der Waals surface area contributed by atoms with Crippen LogP contribution < -0.4 is 5.73 Å². The van der Waals surface area contributed by atoms with Gasteiger partial charge in [0.15, 0.2) is 0 Å². The lowest BCUT2D eigenvalue weighted by Gasteiger charge is -2.17. The second-order valence-corrected chi connectivity index (χ2v) is 4.86. The van der Waals surface area contributed by atoms with E-state index in [-0.39, 0.29) is 12.4 Å². The van der Waals surface area contributed by atoms with Crippen LogP contribution in [-0.4, -0.2) is 48.0 Å². The summed E-state index contributed by atoms with van der Waals surface area (Å²) in [6.07, 6.45) is -0.518. The molecule has 18 heavy (non-hydrogen) atoms. The molecule has 0 aliphatic carbocycles. The van der Waals surface area contributed by atoms with Gasteiger partial charge in [0, 0.05) is 25.4 Å². The van der Waals surface area contributed by atoms with E-state index < -0.39 is 24.1 Å². The van der Waals surface area contributed by atoms with Gasteiger partial charge in [-0.2, -0.15) is 11.8 Å². The van der Waals surface area contributed by atoms with Crippen molar-refractivity contribution < 1.29 is 23.9 Å². The molecule has 0 unspecified atom stereocenters. The summed E-state index contributed by atoms with van der Waals surface area (Å²) in [5, 5.41) is 0. The van der Waals surface area contributed by atoms with Gasteiger partial charge in [-0.3, -0.25) is 14.4 Å². The summed E-state index contributed by atoms with van der Waals surface area (Å²) in [5.74, 6) is -0.103. The Morgan fingerprint density at radius 1 is 1.11 bits per heavy atom. The van der Waals surface area contributed by atoms with Gasteiger partial charge in [-0.05, 0) is 6.92 Å². The highest BCUT2D eigenvalue weighted by molar-refractivity contribution is 7.99. The van der Waals surface area contributed by atoms with E-state index in [2.05, 4.69) is 0 Å². The summed E-state index contributed by atoms with van der Waals surface area (Å²) in [5.41, 5.74) is 5.56. The molecule has 104 valence electrons. The van der Waals surface area contributed by atoms with Crippen LogP contribution in [0.4, 0.5) is 0 Å². The standard InChI is InChI=1S/C11H19NO5S/c1-7(13)11(12)6-18-5-10(17-9(3)15)4-16-8(2)14/h10-11H,4-6,12H2,1-3H3/t10-,11+/m1/s1. The average Bonchev–Trinajstić information content (AvgIpc) is 2.24. The molecule has 0 spiro atoms. The van der Waals surface area contributed by atoms with E-state index >= 15 is 0 Å². The van der Waals surface area contributed by atoms with E-state index in [1.165, 1.54) is 32.5 Å². The fourth-order valence-electron chi connectivity index (χ4n) is 1.00. The molecule has 2 atom stereocenters. The Morgan fingerprint density at radius 3 is 2.17 bits per heavy atom. The van der Waals surface area contributed by atoms with Crippen molar-refractivity contribution in [3.05, 3.63) is 0 Å². The van der Waals surface area contributed by atoms with E-state index in [1.54, 1.807) is 0 Å². The van der Waals surface area contributed by atoms with Gasteiger partial charge < -0.3 is 15.2 Å². The van der Waals surface area contributed by atoms with Crippen molar-refractivity contribution in [2.24, 2.45) is 5.73 Å². The van der Waals surface area contributed by atoms with Crippen molar-refractivity contribution in [3.8, 4) is 0 Å². The average molecular weight is 277 g/mol. The topological polar surface area (TPSA) is 95.7 Å². The van der Waals surface area contributed by atoms with Crippen LogP contribution in [0.1, 0.15) is 20.8 Å². The van der Waals surface area contributed by atoms with Crippen LogP contribution >= 0.6 is 11.8 Å². The smallest absolute Gasteiger partial charge is 0.303 e. The minimum atomic E-state index is -0.526. The highest BCUT2D eigenvalue weighted by Gasteiger charge is 2.16. The van der Waals surface area contributed by atoms with Crippen LogP contribution in [0, 0.1) is 0 Å². The molecule has 0 aliphatic heterocycles. The van der Waals surface area contributed by atoms with E-state index in [9.17, 15) is 14.4 Å². The summed E-state index contributed by atoms with van der Waals surface area (Å²) in [4.78, 5) is 32.4. The predicted molar refractivity (Wildman–Crippen MR) is 68.2 cm³/mol. The molecular weight excluding hydrogens is 258 g/mol. The van der Waals surface area contributed by atoms with Gasteiger partial charge in [-0.25, -0.2) is 0 Å². The highest BCUT2D eigenvalue weighted by atomic mass is 32.2. The lowest BCUT2D eigenvalue weighted by molar-refractivity contribution is -0.154. The second-order valence-electron chi connectivity index (χ2n) is 3.79. The zero-order valence-corrected chi connectivity index (χ0v) is 11.6. The van der Waals surface area contributed by atoms with Crippen molar-refractivity contribution >= 4 is 29.5 Å². The first kappa shape index (κ1) is 16.9. The maximum atomic E-state index is 10.9. The molecule has 0 fully saturated rings. The summed E-state index contributed by atoms with van der Waals surface area (Å²) in [6, 6.07) is -0.526. The Morgan fingerprint density at radius 2 is 1.72 bits per heavy atom. The molecule has 0 heterocycles. The quantitative estimate of drug-likeness (QED) is 0.630. The van der Waals surface area contributed by atoms with Crippen molar-refractivity contribution in [1.82, 2.24) is 0 Å². The molecule has 0 aromatic heterocycles. The summed E-state index contributed by atoms with van der Waals surface area (Å²) in [7, 11) is 0. The van der Waals surface area contributed by atoms with Gasteiger partial charge in [-0.1, -0.05) is 0 Å². The van der Waals surface area contributed by atoms with Gasteiger partial charge in [0.1, 0.15) is 18.5 Å². The van der Waals surface area contributed by atoms with Crippen molar-refractivity contribution in [1.29, 1.82) is 0 Å². The van der Waals surface area contributed by atoms with Crippen LogP contribution in [0.5, 0.6) is 0 Å². The number of nitrogens with two attached hydrogens (primary N) is 1. The maximum absolute atomic E-state index is 10.9. The van der Waals surface area contributed by atoms with Crippen molar-refractivity contribution in [2.45, 2.75) is 32.9 Å². The molecule has 0 aromatic rings. The van der Waals surface area contributed by atoms with Crippen LogP contribution in [0.25, 0.3) is 0 Å². The first-order valence-corrected chi connectivity index (χ1v) is 6.62. The highest BCUT2D eigenvalue weighted by Crippen LogP contribution is 2.08. The Hall–Kier alpha value is -1.08. The number of hydrogen-bond acceptors (Lipinski definition) is 7. The molecule has 0 rings (SSSR count). The third-order valence-electron chi connectivity index (χ3n) is 1.93. The van der Waals surface area contributed by atoms with E-state index in [0.717, 1.165) is 0 Å². The number of esters is 2. The van der Waals surface area contributed by atoms with E-state index in [1.807, 2.05) is 0 Å². The lowest BCUT2D eigenvalue weighted by Crippen LogP contribution is -2.32. The number of rotatable bonds is 8. The zero-order valence-electron chi connectivity index (χ0n) is 10.8. The third kappa shape index (κ3) is 9.00. The molecule has 0 saturated heterocycles. The lowest BCUT2D eigenvalue weighted by atomic mass is 10.3. The van der Waals surface area contributed by atoms with Crippen LogP contribution in [0.2, 0.25) is 0 Å². The Kier molecular flexibility index (Phi) is 8.40. The molecule has 2 N–H and O–H groups in total. The van der Waals surface area contributed by atoms with Crippen molar-refractivity contribution in [2.75, 3.05) is 18.1 Å². The normalized spacial score (nSPS) is 13.6. The Labute approximate surface area is 111 Å². The summed E-state index contributed by atoms with van der Waals surface area (Å²) >= 11 is 1.38. The summed E-state index contributed by atoms with van der Waals surface area (Å²) in [6.45, 7) is 4.00. The van der Waals surface area contributed by atoms with Crippen LogP contribution in [0.15, 0.2) is 0 Å². The predicted octanol–water partition coefficient (Wildman–Crippen LogP) is 0.131. The fraction of sp³-hybridized carbons (Fsp3) is 0.727. The number of ether oxygens (including phenoxy) is 2. The van der Waals surface area contributed by atoms with Gasteiger partial charge in [-0.15, -0.1) is 0 Å². The molecule has 0 aromatic carbocycles. The first-order valence-electron chi connectivity index (χ1n) is 5.47. The number of ketones is 1. The van der Waals surface area contributed by atoms with Crippen LogP contribution in [0.3, 0.4) is 0 Å². The van der Waals surface area contributed by atoms with E-state index in [0.29, 0.717) is 11.5 Å². The molecule has 0 bridgehead atoms. The zero-order chi connectivity index (χ0) is 14.1. The van der Waals surface area contributed by atoms with Gasteiger partial charge in [0.05, 0.1) is 6.04 Å². The van der Waals surface area contributed by atoms with Gasteiger partial charge >= 0.3 is 11.9 Å². The minimum Gasteiger partial charge on any atom is -0.462 e.